The summed E-state index contributed by atoms with van der Waals surface area (Å²) in [5.74, 6) is 0.0359. The van der Waals surface area contributed by atoms with Crippen LogP contribution in [0.5, 0.6) is 0 Å². The van der Waals surface area contributed by atoms with E-state index in [-0.39, 0.29) is 25.3 Å². The predicted octanol–water partition coefficient (Wildman–Crippen LogP) is 0.176. The largest absolute Gasteiger partial charge is 0.334 e. The van der Waals surface area contributed by atoms with E-state index in [1.165, 1.54) is 4.90 Å². The van der Waals surface area contributed by atoms with Gasteiger partial charge in [-0.2, -0.15) is 0 Å². The lowest BCUT2D eigenvalue weighted by Gasteiger charge is -2.25. The molecule has 0 bridgehead atoms. The minimum atomic E-state index is -0.717. The molecule has 0 radical (unpaired) electrons. The summed E-state index contributed by atoms with van der Waals surface area (Å²) in [7, 11) is 0. The van der Waals surface area contributed by atoms with E-state index in [9.17, 15) is 14.9 Å². The number of guanidine groups is 1. The highest BCUT2D eigenvalue weighted by molar-refractivity contribution is 5.90. The van der Waals surface area contributed by atoms with Gasteiger partial charge in [0.15, 0.2) is 5.03 Å². The number of nitrogens with one attached hydrogen (secondary N) is 3. The molecule has 1 aliphatic rings. The minimum Gasteiger partial charge on any atom is -0.334 e. The molecule has 0 saturated carbocycles. The average molecular weight is 264 g/mol. The number of amides is 2. The van der Waals surface area contributed by atoms with Crippen LogP contribution in [0.2, 0.25) is 0 Å². The number of para-hydroxylation sites is 1. The van der Waals surface area contributed by atoms with E-state index in [1.807, 2.05) is 11.5 Å². The number of benzene rings is 1. The first-order valence-corrected chi connectivity index (χ1v) is 5.45. The molecule has 19 heavy (non-hydrogen) atoms. The molecule has 0 unspecified atom stereocenters. The first-order valence-electron chi connectivity index (χ1n) is 5.45. The molecule has 3 N–H and O–H groups in total. The quantitative estimate of drug-likeness (QED) is 0.521. The normalized spacial score (nSPS) is 14.1. The fraction of sp³-hybridized carbons (Fsp3) is 0.200. The second-order valence-electron chi connectivity index (χ2n) is 3.69. The van der Waals surface area contributed by atoms with Crippen LogP contribution in [-0.2, 0) is 0 Å². The Bertz CT molecular complexity index is 503. The topological polar surface area (TPSA) is 112 Å². The number of nitrogens with zero attached hydrogens (tertiary/aromatic N) is 3. The Morgan fingerprint density at radius 2 is 2.16 bits per heavy atom. The lowest BCUT2D eigenvalue weighted by atomic mass is 10.3. The fourth-order valence-corrected chi connectivity index (χ4v) is 1.45. The van der Waals surface area contributed by atoms with Gasteiger partial charge in [-0.25, -0.2) is 19.9 Å². The van der Waals surface area contributed by atoms with Crippen LogP contribution in [0.3, 0.4) is 0 Å². The molecule has 0 atom stereocenters. The molecular weight excluding hydrogens is 252 g/mol. The first kappa shape index (κ1) is 12.6. The molecule has 1 aromatic carbocycles. The maximum absolute atomic E-state index is 11.8. The number of hydrogen-bond acceptors (Lipinski definition) is 5. The van der Waals surface area contributed by atoms with Gasteiger partial charge in [-0.3, -0.25) is 4.90 Å². The lowest BCUT2D eigenvalue weighted by molar-refractivity contribution is -0.525. The third-order valence-electron chi connectivity index (χ3n) is 2.35. The minimum absolute atomic E-state index is 0.0359. The van der Waals surface area contributed by atoms with E-state index in [0.29, 0.717) is 5.69 Å². The molecule has 1 aromatic rings. The first-order chi connectivity index (χ1) is 9.15. The van der Waals surface area contributed by atoms with Crippen LogP contribution in [-0.4, -0.2) is 35.3 Å². The third-order valence-corrected chi connectivity index (χ3v) is 2.35. The van der Waals surface area contributed by atoms with Crippen LogP contribution in [0, 0.1) is 10.1 Å². The number of carbonyl (C=O) groups is 1. The van der Waals surface area contributed by atoms with Gasteiger partial charge in [0.1, 0.15) is 6.67 Å². The molecule has 100 valence electrons. The number of carbonyl (C=O) groups excluding carboxylic acids is 1. The van der Waals surface area contributed by atoms with Gasteiger partial charge in [0.25, 0.3) is 5.96 Å². The zero-order chi connectivity index (χ0) is 13.7. The molecule has 0 aliphatic carbocycles. The molecule has 0 aromatic heterocycles. The van der Waals surface area contributed by atoms with Crippen molar-refractivity contribution in [2.45, 2.75) is 0 Å². The van der Waals surface area contributed by atoms with Crippen molar-refractivity contribution in [3.05, 3.63) is 40.4 Å². The van der Waals surface area contributed by atoms with Gasteiger partial charge in [0, 0.05) is 5.69 Å². The Labute approximate surface area is 108 Å². The van der Waals surface area contributed by atoms with Crippen molar-refractivity contribution in [3.8, 4) is 0 Å². The van der Waals surface area contributed by atoms with E-state index in [1.54, 1.807) is 24.3 Å². The van der Waals surface area contributed by atoms with E-state index in [4.69, 9.17) is 0 Å². The Hall–Kier alpha value is -2.84. The summed E-state index contributed by atoms with van der Waals surface area (Å²) in [5, 5.41) is 14.8. The SMILES string of the molecule is O=C(Nc1ccccc1)N1CN=C(N[N+](=O)[O-])NC1. The fourth-order valence-electron chi connectivity index (χ4n) is 1.45. The highest BCUT2D eigenvalue weighted by atomic mass is 16.7. The van der Waals surface area contributed by atoms with Crippen molar-refractivity contribution in [2.24, 2.45) is 4.99 Å². The van der Waals surface area contributed by atoms with E-state index in [2.05, 4.69) is 15.6 Å². The van der Waals surface area contributed by atoms with Crippen molar-refractivity contribution in [1.82, 2.24) is 15.6 Å². The molecule has 9 nitrogen and oxygen atoms in total. The van der Waals surface area contributed by atoms with Crippen molar-refractivity contribution in [3.63, 3.8) is 0 Å². The Morgan fingerprint density at radius 1 is 1.42 bits per heavy atom. The van der Waals surface area contributed by atoms with Gasteiger partial charge in [-0.1, -0.05) is 23.6 Å². The maximum Gasteiger partial charge on any atom is 0.324 e. The average Bonchev–Trinajstić information content (AvgIpc) is 2.40. The zero-order valence-electron chi connectivity index (χ0n) is 9.87. The van der Waals surface area contributed by atoms with Gasteiger partial charge < -0.3 is 10.6 Å². The smallest absolute Gasteiger partial charge is 0.324 e. The second kappa shape index (κ2) is 5.67. The summed E-state index contributed by atoms with van der Waals surface area (Å²) in [6.07, 6.45) is 0. The number of urea groups is 1. The molecule has 0 spiro atoms. The Balaban J connectivity index is 1.89. The van der Waals surface area contributed by atoms with Gasteiger partial charge in [0.05, 0.1) is 6.67 Å². The zero-order valence-corrected chi connectivity index (χ0v) is 9.87. The molecular formula is C10H12N6O3. The summed E-state index contributed by atoms with van der Waals surface area (Å²) in [6, 6.07) is 8.65. The summed E-state index contributed by atoms with van der Waals surface area (Å²) in [6.45, 7) is 0.181. The van der Waals surface area contributed by atoms with Gasteiger partial charge in [0.2, 0.25) is 0 Å². The van der Waals surface area contributed by atoms with Crippen LogP contribution < -0.4 is 16.1 Å². The monoisotopic (exact) mass is 264 g/mol. The molecule has 1 heterocycles. The van der Waals surface area contributed by atoms with Crippen molar-refractivity contribution in [2.75, 3.05) is 18.7 Å². The number of hydrogen-bond donors (Lipinski definition) is 3. The van der Waals surface area contributed by atoms with Crippen LogP contribution in [0.15, 0.2) is 35.3 Å². The summed E-state index contributed by atoms with van der Waals surface area (Å²) >= 11 is 0. The third kappa shape index (κ3) is 3.56. The number of hydrazine groups is 1. The lowest BCUT2D eigenvalue weighted by Crippen LogP contribution is -2.52. The van der Waals surface area contributed by atoms with Crippen molar-refractivity contribution in [1.29, 1.82) is 0 Å². The number of anilines is 1. The number of aliphatic imine (C=N–C) groups is 1. The summed E-state index contributed by atoms with van der Waals surface area (Å²) in [4.78, 5) is 27.3. The van der Waals surface area contributed by atoms with Crippen LogP contribution in [0.25, 0.3) is 0 Å². The van der Waals surface area contributed by atoms with E-state index in [0.717, 1.165) is 0 Å². The second-order valence-corrected chi connectivity index (χ2v) is 3.69. The Kier molecular flexibility index (Phi) is 3.76. The number of nitro groups is 1. The highest BCUT2D eigenvalue weighted by Crippen LogP contribution is 2.06. The standard InChI is InChI=1S/C10H12N6O3/c17-10(13-8-4-2-1-3-5-8)15-6-11-9(12-7-15)14-16(18)19/h1-5H,6-7H2,(H,13,17)(H2,11,12,14). The molecule has 9 heteroatoms. The molecule has 1 aliphatic heterocycles. The molecule has 0 fully saturated rings. The highest BCUT2D eigenvalue weighted by Gasteiger charge is 2.19. The van der Waals surface area contributed by atoms with Crippen LogP contribution >= 0.6 is 0 Å². The Morgan fingerprint density at radius 3 is 2.74 bits per heavy atom. The van der Waals surface area contributed by atoms with Crippen molar-refractivity contribution < 1.29 is 9.83 Å². The molecule has 2 amide bonds. The van der Waals surface area contributed by atoms with Crippen LogP contribution in [0.1, 0.15) is 0 Å². The van der Waals surface area contributed by atoms with Gasteiger partial charge >= 0.3 is 6.03 Å². The summed E-state index contributed by atoms with van der Waals surface area (Å²) in [5.41, 5.74) is 2.57. The van der Waals surface area contributed by atoms with E-state index < -0.39 is 5.03 Å². The van der Waals surface area contributed by atoms with E-state index >= 15 is 0 Å². The number of rotatable bonds is 2. The van der Waals surface area contributed by atoms with Crippen LogP contribution in [0.4, 0.5) is 10.5 Å². The maximum atomic E-state index is 11.8. The predicted molar refractivity (Wildman–Crippen MR) is 67.7 cm³/mol. The molecule has 0 saturated heterocycles. The molecule has 2 rings (SSSR count). The van der Waals surface area contributed by atoms with Crippen molar-refractivity contribution >= 4 is 17.7 Å². The van der Waals surface area contributed by atoms with Gasteiger partial charge in [-0.15, -0.1) is 0 Å². The van der Waals surface area contributed by atoms with Gasteiger partial charge in [-0.05, 0) is 12.1 Å². The summed E-state index contributed by atoms with van der Waals surface area (Å²) < 4.78 is 0.